The molecule has 0 spiro atoms. The fourth-order valence-corrected chi connectivity index (χ4v) is 2.36. The molecule has 6 heteroatoms. The summed E-state index contributed by atoms with van der Waals surface area (Å²) in [6.07, 6.45) is 0. The van der Waals surface area contributed by atoms with Crippen LogP contribution in [-0.4, -0.2) is 17.6 Å². The van der Waals surface area contributed by atoms with E-state index in [4.69, 9.17) is 20.4 Å². The molecule has 0 aliphatic carbocycles. The van der Waals surface area contributed by atoms with Crippen molar-refractivity contribution in [1.82, 2.24) is 0 Å². The molecule has 110 valence electrons. The number of amidine groups is 1. The van der Waals surface area contributed by atoms with Crippen LogP contribution in [0.25, 0.3) is 0 Å². The maximum Gasteiger partial charge on any atom is 0.175 e. The highest BCUT2D eigenvalue weighted by molar-refractivity contribution is 9.10. The van der Waals surface area contributed by atoms with Gasteiger partial charge in [-0.15, -0.1) is 0 Å². The van der Waals surface area contributed by atoms with Gasteiger partial charge in [0.25, 0.3) is 0 Å². The van der Waals surface area contributed by atoms with Crippen molar-refractivity contribution in [3.05, 3.63) is 52.5 Å². The molecule has 0 unspecified atom stereocenters. The average Bonchev–Trinajstić information content (AvgIpc) is 2.47. The van der Waals surface area contributed by atoms with E-state index < -0.39 is 0 Å². The van der Waals surface area contributed by atoms with E-state index in [9.17, 15) is 0 Å². The molecule has 0 saturated carbocycles. The van der Waals surface area contributed by atoms with Crippen molar-refractivity contribution in [2.75, 3.05) is 6.61 Å². The molecule has 0 amide bonds. The molecule has 0 atom stereocenters. The van der Waals surface area contributed by atoms with Crippen molar-refractivity contribution >= 4 is 21.8 Å². The van der Waals surface area contributed by atoms with Crippen LogP contribution in [0.3, 0.4) is 0 Å². The predicted molar refractivity (Wildman–Crippen MR) is 84.3 cm³/mol. The van der Waals surface area contributed by atoms with Gasteiger partial charge in [-0.25, -0.2) is 0 Å². The van der Waals surface area contributed by atoms with E-state index in [0.29, 0.717) is 28.1 Å². The third-order valence-electron chi connectivity index (χ3n) is 2.68. The minimum atomic E-state index is -0.0292. The first kappa shape index (κ1) is 15.2. The van der Waals surface area contributed by atoms with E-state index in [0.717, 1.165) is 5.75 Å². The lowest BCUT2D eigenvalue weighted by molar-refractivity contribution is 0.318. The van der Waals surface area contributed by atoms with Crippen LogP contribution >= 0.6 is 15.9 Å². The smallest absolute Gasteiger partial charge is 0.175 e. The Kier molecular flexibility index (Phi) is 5.05. The molecule has 0 fully saturated rings. The number of benzene rings is 2. The van der Waals surface area contributed by atoms with Gasteiger partial charge in [0.1, 0.15) is 17.2 Å². The molecule has 2 rings (SSSR count). The number of ether oxygens (including phenoxy) is 2. The van der Waals surface area contributed by atoms with Crippen LogP contribution in [0.2, 0.25) is 0 Å². The molecule has 0 aliphatic rings. The zero-order valence-corrected chi connectivity index (χ0v) is 13.0. The number of oxime groups is 1. The van der Waals surface area contributed by atoms with Crippen LogP contribution in [0, 0.1) is 0 Å². The van der Waals surface area contributed by atoms with Crippen LogP contribution in [0.1, 0.15) is 12.5 Å². The molecular formula is C15H15BrN2O3. The predicted octanol–water partition coefficient (Wildman–Crippen LogP) is 3.73. The standard InChI is InChI=1S/C15H15BrN2O3/c1-2-20-10-5-3-6-11(9-10)21-13-8-4-7-12(16)14(13)15(17)18-19/h3-9,19H,2H2,1H3,(H2,17,18). The zero-order chi connectivity index (χ0) is 15.2. The van der Waals surface area contributed by atoms with Gasteiger partial charge in [0.05, 0.1) is 12.2 Å². The van der Waals surface area contributed by atoms with E-state index in [1.54, 1.807) is 30.3 Å². The SMILES string of the molecule is CCOc1cccc(Oc2cccc(Br)c2/C(N)=N/O)c1. The van der Waals surface area contributed by atoms with Gasteiger partial charge in [0.15, 0.2) is 5.84 Å². The lowest BCUT2D eigenvalue weighted by atomic mass is 10.2. The molecule has 3 N–H and O–H groups in total. The van der Waals surface area contributed by atoms with Crippen molar-refractivity contribution in [1.29, 1.82) is 0 Å². The summed E-state index contributed by atoms with van der Waals surface area (Å²) in [5, 5.41) is 11.9. The third-order valence-corrected chi connectivity index (χ3v) is 3.34. The number of halogens is 1. The molecule has 0 radical (unpaired) electrons. The minimum absolute atomic E-state index is 0.0292. The Morgan fingerprint density at radius 1 is 1.24 bits per heavy atom. The molecule has 0 bridgehead atoms. The number of hydrogen-bond acceptors (Lipinski definition) is 4. The first-order valence-corrected chi connectivity index (χ1v) is 7.12. The van der Waals surface area contributed by atoms with Crippen molar-refractivity contribution in [3.63, 3.8) is 0 Å². The summed E-state index contributed by atoms with van der Waals surface area (Å²) in [5.41, 5.74) is 6.18. The van der Waals surface area contributed by atoms with Crippen LogP contribution in [0.4, 0.5) is 0 Å². The van der Waals surface area contributed by atoms with Crippen molar-refractivity contribution in [3.8, 4) is 17.2 Å². The van der Waals surface area contributed by atoms with E-state index >= 15 is 0 Å². The monoisotopic (exact) mass is 350 g/mol. The first-order valence-electron chi connectivity index (χ1n) is 6.32. The maximum atomic E-state index is 8.88. The second-order valence-electron chi connectivity index (χ2n) is 4.11. The molecule has 0 saturated heterocycles. The highest BCUT2D eigenvalue weighted by Crippen LogP contribution is 2.31. The number of rotatable bonds is 5. The summed E-state index contributed by atoms with van der Waals surface area (Å²) in [5.74, 6) is 1.77. The van der Waals surface area contributed by atoms with Crippen molar-refractivity contribution in [2.45, 2.75) is 6.92 Å². The average molecular weight is 351 g/mol. The quantitative estimate of drug-likeness (QED) is 0.372. The van der Waals surface area contributed by atoms with Gasteiger partial charge in [0, 0.05) is 10.5 Å². The van der Waals surface area contributed by atoms with E-state index in [1.807, 2.05) is 19.1 Å². The lowest BCUT2D eigenvalue weighted by Gasteiger charge is -2.12. The summed E-state index contributed by atoms with van der Waals surface area (Å²) >= 11 is 3.36. The fraction of sp³-hybridized carbons (Fsp3) is 0.133. The number of nitrogens with zero attached hydrogens (tertiary/aromatic N) is 1. The number of hydrogen-bond donors (Lipinski definition) is 2. The minimum Gasteiger partial charge on any atom is -0.494 e. The van der Waals surface area contributed by atoms with Gasteiger partial charge in [0.2, 0.25) is 0 Å². The van der Waals surface area contributed by atoms with Crippen LogP contribution in [0.15, 0.2) is 52.1 Å². The Morgan fingerprint density at radius 2 is 1.95 bits per heavy atom. The Hall–Kier alpha value is -2.21. The Labute approximate surface area is 131 Å². The van der Waals surface area contributed by atoms with Crippen LogP contribution < -0.4 is 15.2 Å². The molecule has 21 heavy (non-hydrogen) atoms. The Bertz CT molecular complexity index is 659. The van der Waals surface area contributed by atoms with Gasteiger partial charge in [-0.3, -0.25) is 0 Å². The van der Waals surface area contributed by atoms with Crippen molar-refractivity contribution < 1.29 is 14.7 Å². The second-order valence-corrected chi connectivity index (χ2v) is 4.96. The van der Waals surface area contributed by atoms with Crippen LogP contribution in [0.5, 0.6) is 17.2 Å². The lowest BCUT2D eigenvalue weighted by Crippen LogP contribution is -2.15. The van der Waals surface area contributed by atoms with Gasteiger partial charge in [-0.1, -0.05) is 17.3 Å². The molecule has 0 aliphatic heterocycles. The van der Waals surface area contributed by atoms with Gasteiger partial charge in [-0.2, -0.15) is 0 Å². The molecule has 2 aromatic carbocycles. The zero-order valence-electron chi connectivity index (χ0n) is 11.4. The molecule has 0 heterocycles. The summed E-state index contributed by atoms with van der Waals surface area (Å²) < 4.78 is 11.9. The summed E-state index contributed by atoms with van der Waals surface area (Å²) in [7, 11) is 0. The largest absolute Gasteiger partial charge is 0.494 e. The summed E-state index contributed by atoms with van der Waals surface area (Å²) in [4.78, 5) is 0. The van der Waals surface area contributed by atoms with E-state index in [-0.39, 0.29) is 5.84 Å². The van der Waals surface area contributed by atoms with Gasteiger partial charge >= 0.3 is 0 Å². The van der Waals surface area contributed by atoms with E-state index in [2.05, 4.69) is 21.1 Å². The third kappa shape index (κ3) is 3.66. The summed E-state index contributed by atoms with van der Waals surface area (Å²) in [6, 6.07) is 12.6. The molecule has 2 aromatic rings. The molecule has 0 aromatic heterocycles. The van der Waals surface area contributed by atoms with E-state index in [1.165, 1.54) is 0 Å². The fourth-order valence-electron chi connectivity index (χ4n) is 1.81. The Morgan fingerprint density at radius 3 is 2.67 bits per heavy atom. The maximum absolute atomic E-state index is 8.88. The number of nitrogens with two attached hydrogens (primary N) is 1. The highest BCUT2D eigenvalue weighted by Gasteiger charge is 2.13. The molecular weight excluding hydrogens is 336 g/mol. The Balaban J connectivity index is 2.36. The van der Waals surface area contributed by atoms with Gasteiger partial charge in [-0.05, 0) is 47.1 Å². The first-order chi connectivity index (χ1) is 10.2. The van der Waals surface area contributed by atoms with Gasteiger partial charge < -0.3 is 20.4 Å². The van der Waals surface area contributed by atoms with Crippen molar-refractivity contribution in [2.24, 2.45) is 10.9 Å². The topological polar surface area (TPSA) is 77.1 Å². The highest BCUT2D eigenvalue weighted by atomic mass is 79.9. The molecule has 5 nitrogen and oxygen atoms in total. The second kappa shape index (κ2) is 6.99. The normalized spacial score (nSPS) is 11.2. The van der Waals surface area contributed by atoms with Crippen LogP contribution in [-0.2, 0) is 0 Å². The summed E-state index contributed by atoms with van der Waals surface area (Å²) in [6.45, 7) is 2.49.